The molecule has 2 bridgehead atoms. The van der Waals surface area contributed by atoms with Gasteiger partial charge >= 0.3 is 0 Å². The van der Waals surface area contributed by atoms with E-state index >= 15 is 0 Å². The molecule has 0 aromatic heterocycles. The van der Waals surface area contributed by atoms with Gasteiger partial charge < -0.3 is 9.47 Å². The van der Waals surface area contributed by atoms with Crippen LogP contribution in [0.1, 0.15) is 6.42 Å². The lowest BCUT2D eigenvalue weighted by Gasteiger charge is -2.28. The molecule has 0 aromatic carbocycles. The van der Waals surface area contributed by atoms with Crippen molar-refractivity contribution in [3.8, 4) is 0 Å². The number of methoxy groups -OCH3 is 1. The summed E-state index contributed by atoms with van der Waals surface area (Å²) < 4.78 is 11.0. The number of ether oxygens (including phenoxy) is 2. The van der Waals surface area contributed by atoms with E-state index in [0.717, 1.165) is 17.6 Å². The largest absolute Gasteiger partial charge is 0.382 e. The van der Waals surface area contributed by atoms with Crippen molar-refractivity contribution >= 4 is 19.6 Å². The fourth-order valence-electron chi connectivity index (χ4n) is 1.99. The Labute approximate surface area is 72.4 Å². The highest BCUT2D eigenvalue weighted by molar-refractivity contribution is 8.00. The van der Waals surface area contributed by atoms with E-state index in [1.54, 1.807) is 7.11 Å². The second-order valence-corrected chi connectivity index (χ2v) is 4.72. The molecule has 2 nitrogen and oxygen atoms in total. The molecule has 0 aromatic rings. The molecule has 62 valence electrons. The van der Waals surface area contributed by atoms with Crippen LogP contribution in [0.15, 0.2) is 0 Å². The van der Waals surface area contributed by atoms with Crippen LogP contribution in [0.4, 0.5) is 0 Å². The van der Waals surface area contributed by atoms with Crippen molar-refractivity contribution in [1.29, 1.82) is 0 Å². The van der Waals surface area contributed by atoms with Crippen molar-refractivity contribution in [2.75, 3.05) is 19.5 Å². The van der Waals surface area contributed by atoms with Gasteiger partial charge in [0, 0.05) is 24.1 Å². The van der Waals surface area contributed by atoms with Gasteiger partial charge in [0.1, 0.15) is 13.4 Å². The monoisotopic (exact) mass is 172 g/mol. The van der Waals surface area contributed by atoms with Gasteiger partial charge in [-0.05, 0) is 6.42 Å². The molecule has 0 aliphatic carbocycles. The highest BCUT2D eigenvalue weighted by Crippen LogP contribution is 2.46. The van der Waals surface area contributed by atoms with Gasteiger partial charge in [-0.2, -0.15) is 11.8 Å². The number of rotatable bonds is 2. The molecule has 3 atom stereocenters. The first-order chi connectivity index (χ1) is 5.26. The summed E-state index contributed by atoms with van der Waals surface area (Å²) in [6, 6.07) is 0.434. The van der Waals surface area contributed by atoms with Crippen LogP contribution in [0.3, 0.4) is 0 Å². The van der Waals surface area contributed by atoms with Gasteiger partial charge in [-0.25, -0.2) is 0 Å². The highest BCUT2D eigenvalue weighted by atomic mass is 32.2. The van der Waals surface area contributed by atoms with E-state index in [0.29, 0.717) is 6.00 Å². The third kappa shape index (κ3) is 1.21. The molecule has 11 heavy (non-hydrogen) atoms. The summed E-state index contributed by atoms with van der Waals surface area (Å²) in [6.07, 6.45) is 1.19. The molecule has 2 saturated heterocycles. The quantitative estimate of drug-likeness (QED) is 0.540. The first kappa shape index (κ1) is 7.96. The average molecular weight is 172 g/mol. The fourth-order valence-corrected chi connectivity index (χ4v) is 3.53. The zero-order chi connectivity index (χ0) is 7.90. The van der Waals surface area contributed by atoms with E-state index in [1.165, 1.54) is 6.42 Å². The van der Waals surface area contributed by atoms with Crippen LogP contribution in [-0.4, -0.2) is 44.2 Å². The molecule has 2 heterocycles. The van der Waals surface area contributed by atoms with E-state index in [4.69, 9.17) is 9.47 Å². The van der Waals surface area contributed by atoms with Gasteiger partial charge in [-0.3, -0.25) is 0 Å². The minimum absolute atomic E-state index is 0.0729. The second kappa shape index (κ2) is 2.68. The lowest BCUT2D eigenvalue weighted by molar-refractivity contribution is -0.0471. The van der Waals surface area contributed by atoms with E-state index < -0.39 is 0 Å². The van der Waals surface area contributed by atoms with Crippen LogP contribution >= 0.6 is 11.8 Å². The predicted octanol–water partition coefficient (Wildman–Crippen LogP) is -0.134. The summed E-state index contributed by atoms with van der Waals surface area (Å²) >= 11 is 2.03. The van der Waals surface area contributed by atoms with Gasteiger partial charge in [-0.15, -0.1) is 0 Å². The Morgan fingerprint density at radius 3 is 3.09 bits per heavy atom. The van der Waals surface area contributed by atoms with Gasteiger partial charge in [0.2, 0.25) is 0 Å². The Morgan fingerprint density at radius 1 is 1.82 bits per heavy atom. The van der Waals surface area contributed by atoms with Crippen LogP contribution in [0.2, 0.25) is 0 Å². The molecule has 2 aliphatic heterocycles. The summed E-state index contributed by atoms with van der Waals surface area (Å²) in [5, 5.41) is 0.727. The molecule has 0 radical (unpaired) electrons. The topological polar surface area (TPSA) is 18.5 Å². The standard InChI is InChI=1S/C7H13BO2S/c1-9-3-7-2-5(11-4-7)6(8)10-7/h5-6H,2-4,8H2,1H3/t5-,6-,7-/m1/s1. The molecule has 4 heteroatoms. The Balaban J connectivity index is 2.05. The minimum Gasteiger partial charge on any atom is -0.382 e. The van der Waals surface area contributed by atoms with Crippen LogP contribution in [0.25, 0.3) is 0 Å². The van der Waals surface area contributed by atoms with Crippen LogP contribution in [-0.2, 0) is 9.47 Å². The molecule has 0 saturated carbocycles. The van der Waals surface area contributed by atoms with E-state index in [9.17, 15) is 0 Å². The number of hydrogen-bond acceptors (Lipinski definition) is 3. The van der Waals surface area contributed by atoms with Crippen LogP contribution in [0, 0.1) is 0 Å². The van der Waals surface area contributed by atoms with Crippen molar-refractivity contribution in [2.45, 2.75) is 23.3 Å². The molecule has 2 aliphatic rings. The van der Waals surface area contributed by atoms with E-state index in [-0.39, 0.29) is 5.60 Å². The molecular weight excluding hydrogens is 159 g/mol. The maximum absolute atomic E-state index is 5.84. The Morgan fingerprint density at radius 2 is 2.64 bits per heavy atom. The minimum atomic E-state index is 0.0729. The van der Waals surface area contributed by atoms with Crippen molar-refractivity contribution in [2.24, 2.45) is 0 Å². The fraction of sp³-hybridized carbons (Fsp3) is 1.00. The summed E-state index contributed by atoms with van der Waals surface area (Å²) in [6.45, 7) is 0.765. The average Bonchev–Trinajstić information content (AvgIpc) is 2.44. The van der Waals surface area contributed by atoms with Gasteiger partial charge in [0.15, 0.2) is 0 Å². The van der Waals surface area contributed by atoms with Crippen LogP contribution < -0.4 is 0 Å². The van der Waals surface area contributed by atoms with E-state index in [2.05, 4.69) is 7.85 Å². The smallest absolute Gasteiger partial charge is 0.140 e. The Bertz CT molecular complexity index is 163. The lowest BCUT2D eigenvalue weighted by atomic mass is 9.95. The van der Waals surface area contributed by atoms with Gasteiger partial charge in [-0.1, -0.05) is 0 Å². The zero-order valence-electron chi connectivity index (χ0n) is 7.00. The molecule has 2 rings (SSSR count). The molecule has 0 unspecified atom stereocenters. The molecule has 0 spiro atoms. The van der Waals surface area contributed by atoms with Crippen molar-refractivity contribution < 1.29 is 9.47 Å². The third-order valence-electron chi connectivity index (χ3n) is 2.50. The van der Waals surface area contributed by atoms with Crippen molar-refractivity contribution in [3.63, 3.8) is 0 Å². The number of hydrogen-bond donors (Lipinski definition) is 0. The molecule has 0 N–H and O–H groups in total. The first-order valence-corrected chi connectivity index (χ1v) is 5.09. The van der Waals surface area contributed by atoms with Gasteiger partial charge in [0.25, 0.3) is 0 Å². The maximum atomic E-state index is 5.84. The summed E-state index contributed by atoms with van der Waals surface area (Å²) in [5.74, 6) is 1.12. The predicted molar refractivity (Wildman–Crippen MR) is 48.9 cm³/mol. The first-order valence-electron chi connectivity index (χ1n) is 4.04. The summed E-state index contributed by atoms with van der Waals surface area (Å²) in [5.41, 5.74) is 0.0729. The normalized spacial score (nSPS) is 48.5. The number of fused-ring (bicyclic) bond motifs is 2. The lowest BCUT2D eigenvalue weighted by Crippen LogP contribution is -2.37. The maximum Gasteiger partial charge on any atom is 0.140 e. The second-order valence-electron chi connectivity index (χ2n) is 3.49. The third-order valence-corrected chi connectivity index (χ3v) is 4.17. The van der Waals surface area contributed by atoms with Crippen LogP contribution in [0.5, 0.6) is 0 Å². The Kier molecular flexibility index (Phi) is 1.94. The Hall–Kier alpha value is 0.335. The highest BCUT2D eigenvalue weighted by Gasteiger charge is 2.50. The van der Waals surface area contributed by atoms with Crippen molar-refractivity contribution in [3.05, 3.63) is 0 Å². The SMILES string of the molecule is B[C@@H]1O[C@]2(COC)CS[C@@H]1C2. The number of thioether (sulfide) groups is 1. The van der Waals surface area contributed by atoms with E-state index in [1.807, 2.05) is 11.8 Å². The summed E-state index contributed by atoms with van der Waals surface area (Å²) in [7, 11) is 3.91. The van der Waals surface area contributed by atoms with Crippen molar-refractivity contribution in [1.82, 2.24) is 0 Å². The molecular formula is C7H13BO2S. The van der Waals surface area contributed by atoms with Gasteiger partial charge in [0.05, 0.1) is 6.61 Å². The zero-order valence-corrected chi connectivity index (χ0v) is 7.82. The summed E-state index contributed by atoms with van der Waals surface area (Å²) in [4.78, 5) is 0. The molecule has 0 amide bonds. The molecule has 2 fully saturated rings.